The second kappa shape index (κ2) is 5.00. The highest BCUT2D eigenvalue weighted by Gasteiger charge is 2.50. The fourth-order valence-corrected chi connectivity index (χ4v) is 2.63. The molecule has 4 heteroatoms. The Kier molecular flexibility index (Phi) is 3.76. The summed E-state index contributed by atoms with van der Waals surface area (Å²) in [5, 5.41) is 20.1. The summed E-state index contributed by atoms with van der Waals surface area (Å²) in [7, 11) is 0. The van der Waals surface area contributed by atoms with E-state index in [0.717, 1.165) is 10.0 Å². The molecule has 1 aromatic rings. The maximum absolute atomic E-state index is 10.7. The first-order valence-corrected chi connectivity index (χ1v) is 6.74. The molecule has 0 bridgehead atoms. The van der Waals surface area contributed by atoms with Gasteiger partial charge in [-0.2, -0.15) is 5.26 Å². The molecule has 18 heavy (non-hydrogen) atoms. The molecule has 3 nitrogen and oxygen atoms in total. The van der Waals surface area contributed by atoms with Gasteiger partial charge in [-0.15, -0.1) is 0 Å². The van der Waals surface area contributed by atoms with Crippen molar-refractivity contribution in [2.75, 3.05) is 13.2 Å². The van der Waals surface area contributed by atoms with Crippen molar-refractivity contribution < 1.29 is 9.84 Å². The molecule has 0 aromatic heterocycles. The number of ether oxygens (including phenoxy) is 1. The van der Waals surface area contributed by atoms with Crippen LogP contribution in [-0.2, 0) is 11.2 Å². The van der Waals surface area contributed by atoms with Crippen molar-refractivity contribution in [2.45, 2.75) is 25.4 Å². The van der Waals surface area contributed by atoms with Crippen LogP contribution in [0.25, 0.3) is 0 Å². The molecule has 1 saturated heterocycles. The van der Waals surface area contributed by atoms with E-state index in [1.54, 1.807) is 6.92 Å². The van der Waals surface area contributed by atoms with Crippen molar-refractivity contribution in [3.63, 3.8) is 0 Å². The third kappa shape index (κ3) is 2.44. The first kappa shape index (κ1) is 13.5. The molecule has 2 rings (SSSR count). The van der Waals surface area contributed by atoms with Crippen molar-refractivity contribution in [1.82, 2.24) is 0 Å². The van der Waals surface area contributed by atoms with E-state index in [-0.39, 0.29) is 0 Å². The Morgan fingerprint density at radius 2 is 2.17 bits per heavy atom. The number of rotatable bonds is 3. The minimum atomic E-state index is -1.08. The number of aliphatic hydroxyl groups is 1. The maximum atomic E-state index is 10.7. The van der Waals surface area contributed by atoms with Crippen LogP contribution in [0.3, 0.4) is 0 Å². The maximum Gasteiger partial charge on any atom is 0.111 e. The lowest BCUT2D eigenvalue weighted by molar-refractivity contribution is -0.0419. The Bertz CT molecular complexity index is 456. The van der Waals surface area contributed by atoms with Crippen molar-refractivity contribution in [3.05, 3.63) is 34.3 Å². The van der Waals surface area contributed by atoms with Gasteiger partial charge in [0.25, 0.3) is 0 Å². The summed E-state index contributed by atoms with van der Waals surface area (Å²) in [5.41, 5.74) is -0.851. The van der Waals surface area contributed by atoms with Crippen LogP contribution in [0.2, 0.25) is 0 Å². The third-order valence-corrected chi connectivity index (χ3v) is 4.26. The largest absolute Gasteiger partial charge is 0.388 e. The van der Waals surface area contributed by atoms with Crippen LogP contribution in [-0.4, -0.2) is 23.9 Å². The highest BCUT2D eigenvalue weighted by molar-refractivity contribution is 9.10. The Hall–Kier alpha value is -0.890. The van der Waals surface area contributed by atoms with E-state index in [2.05, 4.69) is 22.0 Å². The number of nitrogens with zero attached hydrogens (tertiary/aromatic N) is 1. The third-order valence-electron chi connectivity index (χ3n) is 3.73. The summed E-state index contributed by atoms with van der Waals surface area (Å²) < 4.78 is 6.31. The monoisotopic (exact) mass is 309 g/mol. The second-order valence-electron chi connectivity index (χ2n) is 5.07. The first-order chi connectivity index (χ1) is 8.49. The smallest absolute Gasteiger partial charge is 0.111 e. The summed E-state index contributed by atoms with van der Waals surface area (Å²) in [5.74, 6) is 0. The molecule has 1 aromatic carbocycles. The highest BCUT2D eigenvalue weighted by Crippen LogP contribution is 2.40. The number of nitriles is 1. The lowest BCUT2D eigenvalue weighted by Crippen LogP contribution is -2.47. The van der Waals surface area contributed by atoms with Crippen molar-refractivity contribution in [1.29, 1.82) is 5.26 Å². The van der Waals surface area contributed by atoms with E-state index < -0.39 is 11.0 Å². The van der Waals surface area contributed by atoms with Gasteiger partial charge in [0.2, 0.25) is 0 Å². The Morgan fingerprint density at radius 3 is 2.67 bits per heavy atom. The van der Waals surface area contributed by atoms with Crippen LogP contribution in [0.15, 0.2) is 28.7 Å². The van der Waals surface area contributed by atoms with Crippen LogP contribution >= 0.6 is 15.9 Å². The molecule has 2 unspecified atom stereocenters. The molecule has 1 fully saturated rings. The van der Waals surface area contributed by atoms with Crippen molar-refractivity contribution >= 4 is 15.9 Å². The summed E-state index contributed by atoms with van der Waals surface area (Å²) >= 11 is 3.38. The number of benzene rings is 1. The van der Waals surface area contributed by atoms with Crippen LogP contribution in [0, 0.1) is 16.7 Å². The zero-order chi connectivity index (χ0) is 13.2. The summed E-state index contributed by atoms with van der Waals surface area (Å²) in [6.45, 7) is 2.59. The van der Waals surface area contributed by atoms with Gasteiger partial charge < -0.3 is 9.84 Å². The predicted octanol–water partition coefficient (Wildman–Crippen LogP) is 2.67. The van der Waals surface area contributed by atoms with Gasteiger partial charge in [-0.25, -0.2) is 0 Å². The number of halogens is 1. The normalized spacial score (nSPS) is 26.6. The number of hydrogen-bond donors (Lipinski definition) is 1. The summed E-state index contributed by atoms with van der Waals surface area (Å²) in [6.07, 6.45) is 1.05. The quantitative estimate of drug-likeness (QED) is 0.934. The molecule has 0 amide bonds. The Labute approximate surface area is 116 Å². The van der Waals surface area contributed by atoms with Gasteiger partial charge in [0, 0.05) is 17.5 Å². The van der Waals surface area contributed by atoms with Crippen molar-refractivity contribution in [3.8, 4) is 6.07 Å². The summed E-state index contributed by atoms with van der Waals surface area (Å²) in [4.78, 5) is 0. The van der Waals surface area contributed by atoms with Gasteiger partial charge in [-0.05, 0) is 31.0 Å². The van der Waals surface area contributed by atoms with E-state index in [1.807, 2.05) is 24.3 Å². The SMILES string of the molecule is CC(O)(Cc1ccc(Br)cc1)C1(C#N)CCOC1. The highest BCUT2D eigenvalue weighted by atomic mass is 79.9. The zero-order valence-corrected chi connectivity index (χ0v) is 11.9. The molecule has 96 valence electrons. The Morgan fingerprint density at radius 1 is 1.50 bits per heavy atom. The van der Waals surface area contributed by atoms with Crippen LogP contribution in [0.1, 0.15) is 18.9 Å². The molecule has 2 atom stereocenters. The van der Waals surface area contributed by atoms with Gasteiger partial charge in [0.15, 0.2) is 0 Å². The molecule has 1 aliphatic heterocycles. The van der Waals surface area contributed by atoms with Gasteiger partial charge in [0.1, 0.15) is 5.41 Å². The predicted molar refractivity (Wildman–Crippen MR) is 72.0 cm³/mol. The average Bonchev–Trinajstić information content (AvgIpc) is 2.82. The van der Waals surface area contributed by atoms with E-state index in [4.69, 9.17) is 4.74 Å². The van der Waals surface area contributed by atoms with Gasteiger partial charge >= 0.3 is 0 Å². The fourth-order valence-electron chi connectivity index (χ4n) is 2.37. The van der Waals surface area contributed by atoms with Gasteiger partial charge in [-0.3, -0.25) is 0 Å². The Balaban J connectivity index is 2.21. The lowest BCUT2D eigenvalue weighted by Gasteiger charge is -2.36. The minimum absolute atomic E-state index is 0.313. The van der Waals surface area contributed by atoms with Crippen molar-refractivity contribution in [2.24, 2.45) is 5.41 Å². The minimum Gasteiger partial charge on any atom is -0.388 e. The molecular weight excluding hydrogens is 294 g/mol. The molecular formula is C14H16BrNO2. The lowest BCUT2D eigenvalue weighted by atomic mass is 9.70. The van der Waals surface area contributed by atoms with Gasteiger partial charge in [-0.1, -0.05) is 28.1 Å². The number of hydrogen-bond acceptors (Lipinski definition) is 3. The van der Waals surface area contributed by atoms with Crippen LogP contribution < -0.4 is 0 Å². The molecule has 0 saturated carbocycles. The first-order valence-electron chi connectivity index (χ1n) is 5.95. The molecule has 1 N–H and O–H groups in total. The topological polar surface area (TPSA) is 53.2 Å². The zero-order valence-electron chi connectivity index (χ0n) is 10.3. The van der Waals surface area contributed by atoms with E-state index in [1.165, 1.54) is 0 Å². The molecule has 0 spiro atoms. The molecule has 1 heterocycles. The van der Waals surface area contributed by atoms with E-state index >= 15 is 0 Å². The molecule has 0 radical (unpaired) electrons. The fraction of sp³-hybridized carbons (Fsp3) is 0.500. The standard InChI is InChI=1S/C14H16BrNO2/c1-13(17,14(9-16)6-7-18-10-14)8-11-2-4-12(15)5-3-11/h2-5,17H,6-8,10H2,1H3. The van der Waals surface area contributed by atoms with Crippen LogP contribution in [0.4, 0.5) is 0 Å². The molecule has 0 aliphatic carbocycles. The van der Waals surface area contributed by atoms with Gasteiger partial charge in [0.05, 0.1) is 18.3 Å². The van der Waals surface area contributed by atoms with Crippen LogP contribution in [0.5, 0.6) is 0 Å². The van der Waals surface area contributed by atoms with E-state index in [9.17, 15) is 10.4 Å². The second-order valence-corrected chi connectivity index (χ2v) is 5.99. The van der Waals surface area contributed by atoms with E-state index in [0.29, 0.717) is 26.1 Å². The average molecular weight is 310 g/mol. The summed E-state index contributed by atoms with van der Waals surface area (Å²) in [6, 6.07) is 10.1. The molecule has 1 aliphatic rings.